The molecular weight excluding hydrogens is 212 g/mol. The molecule has 0 amide bonds. The summed E-state index contributed by atoms with van der Waals surface area (Å²) in [6.45, 7) is 8.76. The van der Waals surface area contributed by atoms with Gasteiger partial charge in [0.2, 0.25) is 0 Å². The summed E-state index contributed by atoms with van der Waals surface area (Å²) in [6.07, 6.45) is 4.48. The van der Waals surface area contributed by atoms with E-state index in [-0.39, 0.29) is 0 Å². The third-order valence-electron chi connectivity index (χ3n) is 4.07. The Bertz CT molecular complexity index is 397. The van der Waals surface area contributed by atoms with Gasteiger partial charge in [0.15, 0.2) is 0 Å². The maximum Gasteiger partial charge on any atom is 0.0847 e. The highest BCUT2D eigenvalue weighted by molar-refractivity contribution is 5.29. The first-order valence-electron chi connectivity index (χ1n) is 6.74. The van der Waals surface area contributed by atoms with E-state index >= 15 is 0 Å². The molecular formula is C14H24N2O. The maximum absolute atomic E-state index is 5.68. The van der Waals surface area contributed by atoms with Crippen molar-refractivity contribution in [1.29, 1.82) is 0 Å². The molecule has 2 rings (SSSR count). The van der Waals surface area contributed by atoms with Gasteiger partial charge >= 0.3 is 0 Å². The summed E-state index contributed by atoms with van der Waals surface area (Å²) in [5.41, 5.74) is 3.94. The minimum absolute atomic E-state index is 0.490. The predicted molar refractivity (Wildman–Crippen MR) is 69.3 cm³/mol. The van der Waals surface area contributed by atoms with E-state index in [4.69, 9.17) is 4.74 Å². The summed E-state index contributed by atoms with van der Waals surface area (Å²) in [5, 5.41) is 4.52. The standard InChI is InChI=1S/C14H24N2O/c1-6-11(8-13-12(7-2)17-13)14-9(3)15-16(5)10(14)4/h11-13H,6-8H2,1-5H3. The molecule has 0 bridgehead atoms. The summed E-state index contributed by atoms with van der Waals surface area (Å²) in [5.74, 6) is 0.602. The predicted octanol–water partition coefficient (Wildman–Crippen LogP) is 3.10. The average molecular weight is 236 g/mol. The van der Waals surface area contributed by atoms with Crippen LogP contribution in [0.2, 0.25) is 0 Å². The lowest BCUT2D eigenvalue weighted by Crippen LogP contribution is -2.06. The van der Waals surface area contributed by atoms with Crippen molar-refractivity contribution < 1.29 is 4.74 Å². The van der Waals surface area contributed by atoms with E-state index in [9.17, 15) is 0 Å². The highest BCUT2D eigenvalue weighted by Crippen LogP contribution is 2.37. The van der Waals surface area contributed by atoms with Crippen LogP contribution in [0.3, 0.4) is 0 Å². The number of nitrogens with zero attached hydrogens (tertiary/aromatic N) is 2. The fourth-order valence-electron chi connectivity index (χ4n) is 2.90. The van der Waals surface area contributed by atoms with Gasteiger partial charge in [0.25, 0.3) is 0 Å². The Morgan fingerprint density at radius 2 is 2.00 bits per heavy atom. The third-order valence-corrected chi connectivity index (χ3v) is 4.07. The Labute approximate surface area is 104 Å². The van der Waals surface area contributed by atoms with Crippen LogP contribution in [0, 0.1) is 13.8 Å². The monoisotopic (exact) mass is 236 g/mol. The Hall–Kier alpha value is -0.830. The highest BCUT2D eigenvalue weighted by Gasteiger charge is 2.39. The Morgan fingerprint density at radius 1 is 1.29 bits per heavy atom. The smallest absolute Gasteiger partial charge is 0.0847 e. The highest BCUT2D eigenvalue weighted by atomic mass is 16.6. The number of hydrogen-bond donors (Lipinski definition) is 0. The molecule has 0 spiro atoms. The minimum Gasteiger partial charge on any atom is -0.370 e. The third kappa shape index (κ3) is 2.39. The van der Waals surface area contributed by atoms with Gasteiger partial charge in [-0.3, -0.25) is 4.68 Å². The number of ether oxygens (including phenoxy) is 1. The van der Waals surface area contributed by atoms with Gasteiger partial charge in [-0.15, -0.1) is 0 Å². The molecule has 0 N–H and O–H groups in total. The molecule has 3 unspecified atom stereocenters. The first-order chi connectivity index (χ1) is 8.08. The number of hydrogen-bond acceptors (Lipinski definition) is 2. The summed E-state index contributed by atoms with van der Waals surface area (Å²) in [6, 6.07) is 0. The van der Waals surface area contributed by atoms with Gasteiger partial charge in [-0.2, -0.15) is 5.10 Å². The largest absolute Gasteiger partial charge is 0.370 e. The van der Waals surface area contributed by atoms with Crippen LogP contribution in [0.4, 0.5) is 0 Å². The van der Waals surface area contributed by atoms with Gasteiger partial charge in [-0.1, -0.05) is 13.8 Å². The van der Waals surface area contributed by atoms with Crippen LogP contribution in [-0.4, -0.2) is 22.0 Å². The van der Waals surface area contributed by atoms with Gasteiger partial charge in [0, 0.05) is 12.7 Å². The molecule has 0 saturated carbocycles. The molecule has 1 saturated heterocycles. The van der Waals surface area contributed by atoms with Crippen molar-refractivity contribution in [2.24, 2.45) is 7.05 Å². The number of rotatable bonds is 5. The van der Waals surface area contributed by atoms with Crippen LogP contribution in [-0.2, 0) is 11.8 Å². The summed E-state index contributed by atoms with van der Waals surface area (Å²) in [7, 11) is 2.03. The molecule has 3 atom stereocenters. The lowest BCUT2D eigenvalue weighted by molar-refractivity contribution is 0.348. The van der Waals surface area contributed by atoms with Crippen molar-refractivity contribution in [3.63, 3.8) is 0 Å². The number of epoxide rings is 1. The molecule has 2 heterocycles. The molecule has 17 heavy (non-hydrogen) atoms. The molecule has 96 valence electrons. The van der Waals surface area contributed by atoms with Gasteiger partial charge in [-0.05, 0) is 44.6 Å². The van der Waals surface area contributed by atoms with Crippen molar-refractivity contribution in [3.05, 3.63) is 17.0 Å². The van der Waals surface area contributed by atoms with Crippen molar-refractivity contribution >= 4 is 0 Å². The van der Waals surface area contributed by atoms with Gasteiger partial charge in [0.05, 0.1) is 17.9 Å². The Kier molecular flexibility index (Phi) is 3.57. The van der Waals surface area contributed by atoms with Crippen LogP contribution in [0.25, 0.3) is 0 Å². The first kappa shape index (κ1) is 12.6. The second-order valence-electron chi connectivity index (χ2n) is 5.17. The molecule has 3 heteroatoms. The molecule has 1 fully saturated rings. The quantitative estimate of drug-likeness (QED) is 0.735. The van der Waals surface area contributed by atoms with E-state index in [1.807, 2.05) is 11.7 Å². The molecule has 1 aromatic rings. The Balaban J connectivity index is 2.12. The maximum atomic E-state index is 5.68. The molecule has 0 aromatic carbocycles. The SMILES string of the molecule is CCC(CC1OC1CC)c1c(C)nn(C)c1C. The average Bonchev–Trinajstić information content (AvgIpc) is 3.00. The summed E-state index contributed by atoms with van der Waals surface area (Å²) in [4.78, 5) is 0. The topological polar surface area (TPSA) is 30.4 Å². The fourth-order valence-corrected chi connectivity index (χ4v) is 2.90. The van der Waals surface area contributed by atoms with Gasteiger partial charge in [0.1, 0.15) is 0 Å². The second kappa shape index (κ2) is 4.81. The molecule has 3 nitrogen and oxygen atoms in total. The van der Waals surface area contributed by atoms with Crippen LogP contribution < -0.4 is 0 Å². The lowest BCUT2D eigenvalue weighted by Gasteiger charge is -2.14. The van der Waals surface area contributed by atoms with E-state index in [0.717, 1.165) is 12.8 Å². The van der Waals surface area contributed by atoms with Gasteiger partial charge in [-0.25, -0.2) is 0 Å². The molecule has 1 aliphatic rings. The van der Waals surface area contributed by atoms with E-state index in [1.54, 1.807) is 0 Å². The van der Waals surface area contributed by atoms with Crippen molar-refractivity contribution in [2.75, 3.05) is 0 Å². The molecule has 1 aromatic heterocycles. The number of aryl methyl sites for hydroxylation is 2. The zero-order chi connectivity index (χ0) is 12.6. The minimum atomic E-state index is 0.490. The molecule has 0 radical (unpaired) electrons. The van der Waals surface area contributed by atoms with E-state index in [0.29, 0.717) is 18.1 Å². The van der Waals surface area contributed by atoms with Crippen LogP contribution in [0.1, 0.15) is 56.0 Å². The van der Waals surface area contributed by atoms with Crippen LogP contribution in [0.5, 0.6) is 0 Å². The second-order valence-corrected chi connectivity index (χ2v) is 5.17. The molecule has 0 aliphatic carbocycles. The van der Waals surface area contributed by atoms with E-state index in [1.165, 1.54) is 23.4 Å². The fraction of sp³-hybridized carbons (Fsp3) is 0.786. The van der Waals surface area contributed by atoms with E-state index in [2.05, 4.69) is 32.8 Å². The normalized spacial score (nSPS) is 25.0. The van der Waals surface area contributed by atoms with Crippen molar-refractivity contribution in [1.82, 2.24) is 9.78 Å². The van der Waals surface area contributed by atoms with Crippen molar-refractivity contribution in [3.8, 4) is 0 Å². The summed E-state index contributed by atoms with van der Waals surface area (Å²) < 4.78 is 7.68. The number of aromatic nitrogens is 2. The van der Waals surface area contributed by atoms with Crippen LogP contribution in [0.15, 0.2) is 0 Å². The lowest BCUT2D eigenvalue weighted by atomic mass is 9.89. The van der Waals surface area contributed by atoms with Crippen molar-refractivity contribution in [2.45, 2.75) is 65.1 Å². The van der Waals surface area contributed by atoms with Crippen LogP contribution >= 0.6 is 0 Å². The zero-order valence-electron chi connectivity index (χ0n) is 11.7. The molecule has 1 aliphatic heterocycles. The van der Waals surface area contributed by atoms with E-state index < -0.39 is 0 Å². The zero-order valence-corrected chi connectivity index (χ0v) is 11.7. The van der Waals surface area contributed by atoms with Gasteiger partial charge < -0.3 is 4.74 Å². The summed E-state index contributed by atoms with van der Waals surface area (Å²) >= 11 is 0. The first-order valence-corrected chi connectivity index (χ1v) is 6.74. The Morgan fingerprint density at radius 3 is 2.41 bits per heavy atom.